The molecular formula is C10H12MoNO-. The maximum Gasteiger partial charge on any atom is 0.0649 e. The van der Waals surface area contributed by atoms with E-state index in [0.29, 0.717) is 11.3 Å². The minimum absolute atomic E-state index is 0. The maximum atomic E-state index is 10.5. The van der Waals surface area contributed by atoms with Crippen molar-refractivity contribution in [3.63, 3.8) is 0 Å². The van der Waals surface area contributed by atoms with Crippen LogP contribution < -0.4 is 5.73 Å². The van der Waals surface area contributed by atoms with E-state index in [1.54, 1.807) is 0 Å². The van der Waals surface area contributed by atoms with Crippen LogP contribution in [0.5, 0.6) is 0 Å². The van der Waals surface area contributed by atoms with Crippen LogP contribution >= 0.6 is 0 Å². The second-order valence-electron chi connectivity index (χ2n) is 3.01. The van der Waals surface area contributed by atoms with Crippen LogP contribution in [0.4, 0.5) is 5.69 Å². The molecule has 1 rings (SSSR count). The summed E-state index contributed by atoms with van der Waals surface area (Å²) in [6.45, 7) is 5.84. The molecule has 1 aromatic rings. The first kappa shape index (κ1) is 12.4. The zero-order valence-corrected chi connectivity index (χ0v) is 9.98. The fourth-order valence-electron chi connectivity index (χ4n) is 1.25. The van der Waals surface area contributed by atoms with Crippen LogP contribution in [0.25, 0.3) is 0 Å². The smallest absolute Gasteiger partial charge is 0.0649 e. The molecule has 70 valence electrons. The van der Waals surface area contributed by atoms with E-state index >= 15 is 0 Å². The molecule has 0 radical (unpaired) electrons. The second-order valence-corrected chi connectivity index (χ2v) is 3.01. The molecule has 0 amide bonds. The van der Waals surface area contributed by atoms with Crippen LogP contribution in [-0.4, -0.2) is 6.29 Å². The van der Waals surface area contributed by atoms with E-state index in [0.717, 1.165) is 16.7 Å². The summed E-state index contributed by atoms with van der Waals surface area (Å²) in [5.41, 5.74) is 9.82. The molecule has 13 heavy (non-hydrogen) atoms. The van der Waals surface area contributed by atoms with E-state index < -0.39 is 0 Å². The van der Waals surface area contributed by atoms with Gasteiger partial charge in [0.2, 0.25) is 0 Å². The molecule has 1 aromatic carbocycles. The van der Waals surface area contributed by atoms with Gasteiger partial charge in [-0.3, -0.25) is 0 Å². The molecule has 0 atom stereocenters. The van der Waals surface area contributed by atoms with Gasteiger partial charge in [0.15, 0.2) is 0 Å². The average Bonchev–Trinajstić information content (AvgIpc) is 2.01. The van der Waals surface area contributed by atoms with E-state index in [1.165, 1.54) is 0 Å². The van der Waals surface area contributed by atoms with Crippen molar-refractivity contribution in [1.82, 2.24) is 0 Å². The molecular weight excluding hydrogens is 246 g/mol. The number of nitrogen functional groups attached to an aromatic ring is 1. The minimum Gasteiger partial charge on any atom is -0.449 e. The number of aryl methyl sites for hydroxylation is 1. The summed E-state index contributed by atoms with van der Waals surface area (Å²) in [4.78, 5) is 10.5. The zero-order chi connectivity index (χ0) is 9.30. The molecule has 0 aromatic heterocycles. The summed E-state index contributed by atoms with van der Waals surface area (Å²) in [5, 5.41) is 0. The van der Waals surface area contributed by atoms with Gasteiger partial charge in [0.1, 0.15) is 0 Å². The number of benzene rings is 1. The van der Waals surface area contributed by atoms with Crippen molar-refractivity contribution in [2.24, 2.45) is 0 Å². The molecule has 0 unspecified atom stereocenters. The standard InChI is InChI=1S/C10H12NO.Mo/c1-6-4-10(11)9(5-12)8(3)7(6)2;/h4H,11H2,1-3H3;/q-1;. The first-order valence-corrected chi connectivity index (χ1v) is 3.82. The Kier molecular flexibility index (Phi) is 4.35. The van der Waals surface area contributed by atoms with Crippen molar-refractivity contribution >= 4 is 12.0 Å². The predicted octanol–water partition coefficient (Wildman–Crippen LogP) is 1.65. The van der Waals surface area contributed by atoms with Crippen LogP contribution in [0, 0.1) is 20.8 Å². The van der Waals surface area contributed by atoms with E-state index in [2.05, 4.69) is 0 Å². The Hall–Kier alpha value is -0.622. The van der Waals surface area contributed by atoms with Crippen molar-refractivity contribution in [2.45, 2.75) is 20.8 Å². The zero-order valence-electron chi connectivity index (χ0n) is 7.97. The van der Waals surface area contributed by atoms with E-state index in [1.807, 2.05) is 33.1 Å². The largest absolute Gasteiger partial charge is 0.449 e. The Balaban J connectivity index is 0.00000144. The van der Waals surface area contributed by atoms with Gasteiger partial charge < -0.3 is 10.5 Å². The van der Waals surface area contributed by atoms with Crippen molar-refractivity contribution in [3.05, 3.63) is 28.3 Å². The summed E-state index contributed by atoms with van der Waals surface area (Å²) in [5.74, 6) is 0. The molecule has 0 heterocycles. The normalized spacial score (nSPS) is 9.15. The van der Waals surface area contributed by atoms with E-state index in [9.17, 15) is 4.79 Å². The number of carbonyl (C=O) groups excluding carboxylic acids is 1. The summed E-state index contributed by atoms with van der Waals surface area (Å²) in [6.07, 6.45) is 1.86. The van der Waals surface area contributed by atoms with Crippen LogP contribution in [0.2, 0.25) is 0 Å². The van der Waals surface area contributed by atoms with Gasteiger partial charge >= 0.3 is 0 Å². The molecule has 0 fully saturated rings. The number of rotatable bonds is 1. The fourth-order valence-corrected chi connectivity index (χ4v) is 1.25. The molecule has 0 aliphatic rings. The second kappa shape index (κ2) is 4.57. The third-order valence-electron chi connectivity index (χ3n) is 2.29. The van der Waals surface area contributed by atoms with E-state index in [-0.39, 0.29) is 21.1 Å². The summed E-state index contributed by atoms with van der Waals surface area (Å²) >= 11 is 0. The number of hydrogen-bond acceptors (Lipinski definition) is 2. The van der Waals surface area contributed by atoms with Crippen molar-refractivity contribution in [3.8, 4) is 0 Å². The molecule has 0 aliphatic heterocycles. The summed E-state index contributed by atoms with van der Waals surface area (Å²) in [7, 11) is 0. The first-order valence-electron chi connectivity index (χ1n) is 3.82. The van der Waals surface area contributed by atoms with Crippen molar-refractivity contribution in [2.75, 3.05) is 5.73 Å². The van der Waals surface area contributed by atoms with Gasteiger partial charge in [0.05, 0.1) is 6.29 Å². The molecule has 2 nitrogen and oxygen atoms in total. The number of nitrogens with two attached hydrogens (primary N) is 1. The van der Waals surface area contributed by atoms with Gasteiger partial charge in [-0.05, 0) is 6.92 Å². The van der Waals surface area contributed by atoms with Gasteiger partial charge in [-0.1, -0.05) is 31.2 Å². The van der Waals surface area contributed by atoms with Gasteiger partial charge in [0.25, 0.3) is 0 Å². The van der Waals surface area contributed by atoms with Gasteiger partial charge in [-0.25, -0.2) is 0 Å². The van der Waals surface area contributed by atoms with Crippen LogP contribution in [0.3, 0.4) is 0 Å². The van der Waals surface area contributed by atoms with Crippen LogP contribution in [0.1, 0.15) is 22.3 Å². The molecule has 2 N–H and O–H groups in total. The maximum absolute atomic E-state index is 10.5. The number of hydrogen-bond donors (Lipinski definition) is 1. The third kappa shape index (κ3) is 2.19. The first-order chi connectivity index (χ1) is 5.57. The Bertz CT molecular complexity index is 334. The van der Waals surface area contributed by atoms with E-state index in [4.69, 9.17) is 5.73 Å². The van der Waals surface area contributed by atoms with Gasteiger partial charge in [-0.15, -0.1) is 16.7 Å². The van der Waals surface area contributed by atoms with Crippen LogP contribution in [0.15, 0.2) is 6.07 Å². The molecule has 0 bridgehead atoms. The van der Waals surface area contributed by atoms with Crippen LogP contribution in [-0.2, 0) is 25.9 Å². The SMILES string of the molecule is Cc1cc(N)c([C-]=O)c(C)c1C.[Mo]. The summed E-state index contributed by atoms with van der Waals surface area (Å²) in [6, 6.07) is 1.81. The van der Waals surface area contributed by atoms with Crippen molar-refractivity contribution in [1.29, 1.82) is 0 Å². The quantitative estimate of drug-likeness (QED) is 0.473. The Morgan fingerprint density at radius 2 is 1.77 bits per heavy atom. The summed E-state index contributed by atoms with van der Waals surface area (Å²) < 4.78 is 0. The Morgan fingerprint density at radius 1 is 1.23 bits per heavy atom. The predicted molar refractivity (Wildman–Crippen MR) is 49.9 cm³/mol. The topological polar surface area (TPSA) is 43.1 Å². The van der Waals surface area contributed by atoms with Crippen molar-refractivity contribution < 1.29 is 25.9 Å². The third-order valence-corrected chi connectivity index (χ3v) is 2.29. The monoisotopic (exact) mass is 260 g/mol. The van der Waals surface area contributed by atoms with Gasteiger partial charge in [0, 0.05) is 21.1 Å². The Labute approximate surface area is 92.8 Å². The Morgan fingerprint density at radius 3 is 2.23 bits per heavy atom. The molecule has 3 heteroatoms. The average molecular weight is 258 g/mol. The minimum atomic E-state index is 0. The molecule has 0 saturated heterocycles. The molecule has 0 aliphatic carbocycles. The number of anilines is 1. The fraction of sp³-hybridized carbons (Fsp3) is 0.300. The molecule has 0 saturated carbocycles. The molecule has 0 spiro atoms. The van der Waals surface area contributed by atoms with Gasteiger partial charge in [-0.2, -0.15) is 0 Å².